The van der Waals surface area contributed by atoms with E-state index in [0.29, 0.717) is 0 Å². The zero-order chi connectivity index (χ0) is 10.1. The molecule has 1 N–H and O–H groups in total. The van der Waals surface area contributed by atoms with Crippen LogP contribution in [0.3, 0.4) is 0 Å². The number of rotatable bonds is 1. The Balaban J connectivity index is 2.56. The van der Waals surface area contributed by atoms with Gasteiger partial charge < -0.3 is 4.98 Å². The van der Waals surface area contributed by atoms with Crippen LogP contribution < -0.4 is 0 Å². The molecule has 2 rings (SSSR count). The topological polar surface area (TPSA) is 42.1 Å². The molecule has 0 atom stereocenters. The van der Waals surface area contributed by atoms with Crippen LogP contribution in [0.5, 0.6) is 0 Å². The van der Waals surface area contributed by atoms with Gasteiger partial charge in [0.2, 0.25) is 0 Å². The van der Waals surface area contributed by atoms with Gasteiger partial charge in [-0.15, -0.1) is 0 Å². The van der Waals surface area contributed by atoms with Crippen molar-refractivity contribution in [3.63, 3.8) is 0 Å². The Hall–Kier alpha value is -1.84. The first kappa shape index (κ1) is 8.74. The number of carbonyl (C=O) groups excluding carboxylic acids is 1. The Morgan fingerprint density at radius 2 is 2.21 bits per heavy atom. The van der Waals surface area contributed by atoms with E-state index < -0.39 is 5.97 Å². The fourth-order valence-corrected chi connectivity index (χ4v) is 1.40. The highest BCUT2D eigenvalue weighted by Gasteiger charge is 2.10. The summed E-state index contributed by atoms with van der Waals surface area (Å²) in [4.78, 5) is 16.7. The van der Waals surface area contributed by atoms with Crippen LogP contribution in [0.4, 0.5) is 4.53 Å². The van der Waals surface area contributed by atoms with Gasteiger partial charge in [-0.1, -0.05) is 11.6 Å². The van der Waals surface area contributed by atoms with E-state index in [9.17, 15) is 9.32 Å². The average Bonchev–Trinajstić information content (AvgIpc) is 2.59. The van der Waals surface area contributed by atoms with Gasteiger partial charge in [0, 0.05) is 15.4 Å². The number of fused-ring (bicyclic) bond motifs is 1. The summed E-state index contributed by atoms with van der Waals surface area (Å²) in [5, 5.41) is 0.866. The SMILES string of the molecule is Cc1ccc2[nH]c(C(=O)OF)cc2c1. The van der Waals surface area contributed by atoms with Crippen LogP contribution in [0.15, 0.2) is 24.3 Å². The fourth-order valence-electron chi connectivity index (χ4n) is 1.40. The molecule has 0 saturated heterocycles. The number of hydrogen-bond acceptors (Lipinski definition) is 2. The van der Waals surface area contributed by atoms with Crippen LogP contribution in [-0.2, 0) is 4.94 Å². The van der Waals surface area contributed by atoms with E-state index in [4.69, 9.17) is 0 Å². The smallest absolute Gasteiger partial charge is 0.349 e. The number of aromatic amines is 1. The molecule has 1 aromatic carbocycles. The monoisotopic (exact) mass is 193 g/mol. The molecule has 0 fully saturated rings. The van der Waals surface area contributed by atoms with E-state index in [1.165, 1.54) is 0 Å². The molecule has 0 aliphatic rings. The van der Waals surface area contributed by atoms with Gasteiger partial charge in [0.15, 0.2) is 0 Å². The second-order valence-corrected chi connectivity index (χ2v) is 3.14. The molecule has 0 saturated carbocycles. The third kappa shape index (κ3) is 1.35. The van der Waals surface area contributed by atoms with Crippen molar-refractivity contribution in [2.75, 3.05) is 0 Å². The van der Waals surface area contributed by atoms with E-state index in [1.807, 2.05) is 25.1 Å². The third-order valence-electron chi connectivity index (χ3n) is 2.07. The predicted octanol–water partition coefficient (Wildman–Crippen LogP) is 2.52. The van der Waals surface area contributed by atoms with E-state index in [1.54, 1.807) is 6.07 Å². The first-order chi connectivity index (χ1) is 6.70. The summed E-state index contributed by atoms with van der Waals surface area (Å²) in [5.74, 6) is -1.00. The standard InChI is InChI=1S/C10H8FNO2/c1-6-2-3-8-7(4-6)5-9(12-8)10(13)14-11/h2-5,12H,1H3. The zero-order valence-electron chi connectivity index (χ0n) is 7.50. The van der Waals surface area contributed by atoms with E-state index in [-0.39, 0.29) is 5.69 Å². The minimum atomic E-state index is -1.00. The molecule has 0 unspecified atom stereocenters. The second-order valence-electron chi connectivity index (χ2n) is 3.14. The van der Waals surface area contributed by atoms with Gasteiger partial charge >= 0.3 is 5.97 Å². The zero-order valence-corrected chi connectivity index (χ0v) is 7.50. The van der Waals surface area contributed by atoms with Crippen molar-refractivity contribution in [1.29, 1.82) is 0 Å². The highest BCUT2D eigenvalue weighted by Crippen LogP contribution is 2.17. The summed E-state index contributed by atoms with van der Waals surface area (Å²) in [5.41, 5.74) is 1.99. The van der Waals surface area contributed by atoms with Gasteiger partial charge in [-0.25, -0.2) is 9.74 Å². The molecular formula is C10H8FNO2. The maximum Gasteiger partial charge on any atom is 0.395 e. The summed E-state index contributed by atoms with van der Waals surface area (Å²) in [6.07, 6.45) is 0. The molecule has 0 radical (unpaired) electrons. The molecule has 0 aliphatic carbocycles. The Morgan fingerprint density at radius 1 is 1.43 bits per heavy atom. The maximum atomic E-state index is 11.6. The first-order valence-corrected chi connectivity index (χ1v) is 4.13. The summed E-state index contributed by atoms with van der Waals surface area (Å²) in [7, 11) is 0. The summed E-state index contributed by atoms with van der Waals surface area (Å²) < 4.78 is 11.6. The molecule has 1 aromatic heterocycles. The van der Waals surface area contributed by atoms with E-state index in [2.05, 4.69) is 9.93 Å². The van der Waals surface area contributed by atoms with E-state index >= 15 is 0 Å². The van der Waals surface area contributed by atoms with Crippen molar-refractivity contribution in [2.24, 2.45) is 0 Å². The molecule has 72 valence electrons. The molecule has 14 heavy (non-hydrogen) atoms. The lowest BCUT2D eigenvalue weighted by atomic mass is 10.2. The van der Waals surface area contributed by atoms with Crippen molar-refractivity contribution in [3.05, 3.63) is 35.5 Å². The van der Waals surface area contributed by atoms with Gasteiger partial charge in [-0.05, 0) is 25.1 Å². The molecular weight excluding hydrogens is 185 g/mol. The molecule has 3 nitrogen and oxygen atoms in total. The van der Waals surface area contributed by atoms with Crippen LogP contribution in [0, 0.1) is 6.92 Å². The first-order valence-electron chi connectivity index (χ1n) is 4.13. The number of halogens is 1. The lowest BCUT2D eigenvalue weighted by Gasteiger charge is -1.90. The number of aryl methyl sites for hydroxylation is 1. The van der Waals surface area contributed by atoms with Crippen LogP contribution in [0.25, 0.3) is 10.9 Å². The predicted molar refractivity (Wildman–Crippen MR) is 49.6 cm³/mol. The van der Waals surface area contributed by atoms with Gasteiger partial charge in [0.05, 0.1) is 0 Å². The van der Waals surface area contributed by atoms with Crippen molar-refractivity contribution in [3.8, 4) is 0 Å². The second kappa shape index (κ2) is 3.14. The number of carbonyl (C=O) groups is 1. The van der Waals surface area contributed by atoms with Gasteiger partial charge in [0.1, 0.15) is 5.69 Å². The number of aromatic nitrogens is 1. The van der Waals surface area contributed by atoms with Gasteiger partial charge in [-0.3, -0.25) is 0 Å². The number of H-pyrrole nitrogens is 1. The molecule has 1 heterocycles. The highest BCUT2D eigenvalue weighted by molar-refractivity contribution is 5.94. The average molecular weight is 193 g/mol. The van der Waals surface area contributed by atoms with Gasteiger partial charge in [-0.2, -0.15) is 0 Å². The number of benzene rings is 1. The quantitative estimate of drug-likeness (QED) is 0.756. The van der Waals surface area contributed by atoms with Crippen LogP contribution in [0.2, 0.25) is 0 Å². The van der Waals surface area contributed by atoms with Crippen molar-refractivity contribution in [2.45, 2.75) is 6.92 Å². The normalized spacial score (nSPS) is 10.4. The number of hydrogen-bond donors (Lipinski definition) is 1. The fraction of sp³-hybridized carbons (Fsp3) is 0.100. The van der Waals surface area contributed by atoms with Crippen LogP contribution in [0.1, 0.15) is 16.1 Å². The minimum Gasteiger partial charge on any atom is -0.349 e. The van der Waals surface area contributed by atoms with Crippen molar-refractivity contribution in [1.82, 2.24) is 4.98 Å². The van der Waals surface area contributed by atoms with Crippen LogP contribution >= 0.6 is 0 Å². The summed E-state index contributed by atoms with van der Waals surface area (Å²) in [6.45, 7) is 1.94. The van der Waals surface area contributed by atoms with Crippen molar-refractivity contribution >= 4 is 16.9 Å². The minimum absolute atomic E-state index is 0.119. The van der Waals surface area contributed by atoms with Crippen LogP contribution in [-0.4, -0.2) is 11.0 Å². The lowest BCUT2D eigenvalue weighted by Crippen LogP contribution is -1.97. The Morgan fingerprint density at radius 3 is 2.93 bits per heavy atom. The summed E-state index contributed by atoms with van der Waals surface area (Å²) >= 11 is 0. The molecule has 2 aromatic rings. The molecule has 0 aliphatic heterocycles. The number of nitrogens with one attached hydrogen (secondary N) is 1. The third-order valence-corrected chi connectivity index (χ3v) is 2.07. The molecule has 0 spiro atoms. The Kier molecular flexibility index (Phi) is 1.96. The maximum absolute atomic E-state index is 11.6. The van der Waals surface area contributed by atoms with Gasteiger partial charge in [0.25, 0.3) is 0 Å². The Labute approximate surface area is 79.4 Å². The molecule has 4 heteroatoms. The Bertz CT molecular complexity index is 490. The van der Waals surface area contributed by atoms with Crippen molar-refractivity contribution < 1.29 is 14.3 Å². The summed E-state index contributed by atoms with van der Waals surface area (Å²) in [6, 6.07) is 7.20. The largest absolute Gasteiger partial charge is 0.395 e. The van der Waals surface area contributed by atoms with E-state index in [0.717, 1.165) is 16.5 Å². The molecule has 0 bridgehead atoms. The highest BCUT2D eigenvalue weighted by atomic mass is 19.3. The lowest BCUT2D eigenvalue weighted by molar-refractivity contribution is -0.0792. The molecule has 0 amide bonds.